The Morgan fingerprint density at radius 2 is 0.679 bits per heavy atom. The molecule has 21 nitrogen and oxygen atoms in total. The lowest BCUT2D eigenvalue weighted by atomic mass is 10.1. The number of nitrogens with zero attached hydrogens (tertiary/aromatic N) is 9. The van der Waals surface area contributed by atoms with E-state index in [0.29, 0.717) is 65.5 Å². The molecule has 9 heterocycles. The maximum Gasteiger partial charge on any atom is 0.168 e. The predicted molar refractivity (Wildman–Crippen MR) is 417 cm³/mol. The maximum absolute atomic E-state index is 13.4. The molecule has 12 rings (SSSR count). The Labute approximate surface area is 624 Å². The van der Waals surface area contributed by atoms with Crippen molar-refractivity contribution in [1.29, 1.82) is 0 Å². The van der Waals surface area contributed by atoms with Crippen molar-refractivity contribution in [2.75, 3.05) is 150 Å². The third-order valence-corrected chi connectivity index (χ3v) is 19.1. The molecule has 6 fully saturated rings. The molecular formula is C81H113F4N15O6. The van der Waals surface area contributed by atoms with E-state index in [4.69, 9.17) is 0 Å². The SMILES string of the molecule is CCCCN1CC(Nc2cc(F)c(C=O)c(F)c2)C1.CCCCN1CC(Nc2cc(F)c(C=O)cn2)C1.CCCCN1CC(Nc2ccc(C=O)c(F)c2)C1.CCCCN1CC(Nc2ccc(C=O)cc2)C1.CCCCN1CC(Nc2ccc(C=O)cn2)C1.CCCCN1CC(Nc2ccc(C=O)nc2)C1. The Morgan fingerprint density at radius 1 is 0.321 bits per heavy atom. The molecule has 0 amide bonds. The summed E-state index contributed by atoms with van der Waals surface area (Å²) < 4.78 is 53.5. The second-order valence-corrected chi connectivity index (χ2v) is 28.2. The number of halogens is 4. The van der Waals surface area contributed by atoms with Gasteiger partial charge in [0.1, 0.15) is 46.9 Å². The molecular weight excluding hydrogens is 1350 g/mol. The molecule has 0 bridgehead atoms. The topological polar surface area (TPSA) is 233 Å². The summed E-state index contributed by atoms with van der Waals surface area (Å²) in [6.45, 7) is 32.6. The van der Waals surface area contributed by atoms with Crippen molar-refractivity contribution >= 4 is 72.1 Å². The van der Waals surface area contributed by atoms with Crippen molar-refractivity contribution < 1.29 is 46.3 Å². The molecule has 106 heavy (non-hydrogen) atoms. The third-order valence-electron chi connectivity index (χ3n) is 19.1. The number of likely N-dealkylation sites (tertiary alicyclic amines) is 6. The number of rotatable bonds is 36. The Hall–Kier alpha value is -8.59. The largest absolute Gasteiger partial charge is 0.380 e. The second kappa shape index (κ2) is 46.5. The first kappa shape index (κ1) is 84.7. The Bertz CT molecular complexity index is 3290. The Kier molecular flexibility index (Phi) is 37.1. The summed E-state index contributed by atoms with van der Waals surface area (Å²) in [5.74, 6) is -1.27. The molecule has 6 saturated heterocycles. The smallest absolute Gasteiger partial charge is 0.168 e. The molecule has 6 N–H and O–H groups in total. The maximum atomic E-state index is 13.4. The zero-order valence-electron chi connectivity index (χ0n) is 62.9. The average molecular weight is 1470 g/mol. The van der Waals surface area contributed by atoms with Crippen molar-refractivity contribution in [2.45, 2.75) is 155 Å². The van der Waals surface area contributed by atoms with Crippen LogP contribution in [0.1, 0.15) is 181 Å². The quantitative estimate of drug-likeness (QED) is 0.0159. The van der Waals surface area contributed by atoms with Gasteiger partial charge in [-0.1, -0.05) is 80.1 Å². The number of carbonyl (C=O) groups excluding carboxylic acids is 6. The van der Waals surface area contributed by atoms with Gasteiger partial charge in [-0.25, -0.2) is 27.5 Å². The van der Waals surface area contributed by atoms with E-state index in [1.54, 1.807) is 30.6 Å². The van der Waals surface area contributed by atoms with E-state index in [-0.39, 0.29) is 23.5 Å². The van der Waals surface area contributed by atoms with Crippen LogP contribution in [0.4, 0.5) is 51.9 Å². The molecule has 576 valence electrons. The zero-order chi connectivity index (χ0) is 76.0. The molecule has 0 unspecified atom stereocenters. The summed E-state index contributed by atoms with van der Waals surface area (Å²) in [4.78, 5) is 89.6. The normalized spacial score (nSPS) is 16.4. The van der Waals surface area contributed by atoms with Gasteiger partial charge in [-0.05, 0) is 157 Å². The molecule has 0 aliphatic carbocycles. The van der Waals surface area contributed by atoms with Gasteiger partial charge in [0.2, 0.25) is 0 Å². The number of aromatic nitrogens is 3. The number of carbonyl (C=O) groups is 6. The molecule has 6 aromatic rings. The van der Waals surface area contributed by atoms with Gasteiger partial charge in [0, 0.05) is 125 Å². The molecule has 0 atom stereocenters. The Morgan fingerprint density at radius 3 is 1.04 bits per heavy atom. The van der Waals surface area contributed by atoms with Crippen LogP contribution in [0.5, 0.6) is 0 Å². The minimum atomic E-state index is -0.820. The highest BCUT2D eigenvalue weighted by molar-refractivity contribution is 5.78. The highest BCUT2D eigenvalue weighted by Crippen LogP contribution is 2.24. The van der Waals surface area contributed by atoms with Gasteiger partial charge in [-0.2, -0.15) is 0 Å². The standard InChI is InChI=1S/C14H18F2N2O.C14H19FN2O.C14H20N2O.C13H18FN3O.2C13H19N3O/c1-2-3-4-18-7-11(8-18)17-10-5-13(15)12(9-19)14(16)6-10;1-2-3-6-17-8-13(9-17)16-12-5-4-11(10-18)14(15)7-12;1-2-3-8-16-9-14(10-16)15-13-6-4-12(11-17)5-7-13;1-2-3-4-17-7-11(8-17)16-13-5-12(14)10(9-18)6-15-13;1-2-3-6-16-8-13(9-16)15-11-4-5-12(10-17)14-7-11;1-2-3-6-16-8-12(9-16)15-13-5-4-11(10-17)7-14-13/h5-6,9,11,17H,2-4,7-8H2,1H3;4-5,7,10,13,16H,2-3,6,8-9H2,1H3;4-7,11,14-15H,2-3,8-10H2,1H3;5-6,9,11H,2-4,7-8H2,1H3,(H,15,16);4-5,7,10,13,15H,2-3,6,8-9H2,1H3;4-5,7,10,12H,2-3,6,8-9H2,1H3,(H,14,15). The van der Waals surface area contributed by atoms with E-state index >= 15 is 0 Å². The van der Waals surface area contributed by atoms with E-state index in [1.165, 1.54) is 127 Å². The fourth-order valence-corrected chi connectivity index (χ4v) is 12.6. The molecule has 3 aromatic heterocycles. The second-order valence-electron chi connectivity index (χ2n) is 28.2. The van der Waals surface area contributed by atoms with Crippen LogP contribution in [-0.4, -0.2) is 236 Å². The van der Waals surface area contributed by atoms with Crippen LogP contribution in [0.25, 0.3) is 0 Å². The minimum Gasteiger partial charge on any atom is -0.380 e. The fraction of sp³-hybridized carbons (Fsp3) is 0.519. The molecule has 6 aliphatic rings. The molecule has 0 spiro atoms. The van der Waals surface area contributed by atoms with Gasteiger partial charge in [0.25, 0.3) is 0 Å². The van der Waals surface area contributed by atoms with Crippen molar-refractivity contribution in [3.05, 3.63) is 160 Å². The minimum absolute atomic E-state index is 0.00117. The number of hydrogen-bond acceptors (Lipinski definition) is 21. The summed E-state index contributed by atoms with van der Waals surface area (Å²) >= 11 is 0. The van der Waals surface area contributed by atoms with Gasteiger partial charge in [0.15, 0.2) is 31.4 Å². The van der Waals surface area contributed by atoms with E-state index in [0.717, 1.165) is 152 Å². The van der Waals surface area contributed by atoms with E-state index in [1.807, 2.05) is 36.4 Å². The first-order valence-electron chi connectivity index (χ1n) is 38.1. The van der Waals surface area contributed by atoms with Crippen LogP contribution in [0, 0.1) is 23.3 Å². The lowest BCUT2D eigenvalue weighted by Crippen LogP contribution is -2.54. The lowest BCUT2D eigenvalue weighted by Gasteiger charge is -2.40. The first-order chi connectivity index (χ1) is 51.5. The van der Waals surface area contributed by atoms with Crippen LogP contribution in [0.2, 0.25) is 0 Å². The van der Waals surface area contributed by atoms with Crippen molar-refractivity contribution in [1.82, 2.24) is 44.4 Å². The monoisotopic (exact) mass is 1470 g/mol. The number of aldehydes is 6. The zero-order valence-corrected chi connectivity index (χ0v) is 62.9. The van der Waals surface area contributed by atoms with Gasteiger partial charge in [-0.15, -0.1) is 0 Å². The van der Waals surface area contributed by atoms with Crippen LogP contribution in [0.15, 0.2) is 104 Å². The van der Waals surface area contributed by atoms with E-state index in [9.17, 15) is 46.3 Å². The van der Waals surface area contributed by atoms with Gasteiger partial charge in [0.05, 0.1) is 64.8 Å². The van der Waals surface area contributed by atoms with Crippen molar-refractivity contribution in [2.24, 2.45) is 0 Å². The highest BCUT2D eigenvalue weighted by atomic mass is 19.1. The lowest BCUT2D eigenvalue weighted by molar-refractivity contribution is 0.110. The summed E-state index contributed by atoms with van der Waals surface area (Å²) in [6, 6.07) is 25.7. The van der Waals surface area contributed by atoms with Gasteiger partial charge in [-0.3, -0.25) is 63.2 Å². The van der Waals surface area contributed by atoms with Crippen LogP contribution < -0.4 is 31.9 Å². The van der Waals surface area contributed by atoms with E-state index < -0.39 is 28.8 Å². The van der Waals surface area contributed by atoms with Crippen LogP contribution in [0.3, 0.4) is 0 Å². The van der Waals surface area contributed by atoms with Crippen molar-refractivity contribution in [3.63, 3.8) is 0 Å². The van der Waals surface area contributed by atoms with E-state index in [2.05, 4.69) is 118 Å². The van der Waals surface area contributed by atoms with Crippen molar-refractivity contribution in [3.8, 4) is 0 Å². The summed E-state index contributed by atoms with van der Waals surface area (Å²) in [7, 11) is 0. The number of hydrogen-bond donors (Lipinski definition) is 6. The number of benzene rings is 3. The molecule has 6 aliphatic heterocycles. The summed E-state index contributed by atoms with van der Waals surface area (Å²) in [6.07, 6.45) is 23.1. The molecule has 25 heteroatoms. The number of nitrogens with one attached hydrogen (secondary N) is 6. The molecule has 0 saturated carbocycles. The number of unbranched alkanes of at least 4 members (excludes halogenated alkanes) is 6. The average Bonchev–Trinajstić information content (AvgIpc) is 0.861. The highest BCUT2D eigenvalue weighted by Gasteiger charge is 2.31. The first-order valence-corrected chi connectivity index (χ1v) is 38.1. The molecule has 0 radical (unpaired) electrons. The molecule has 3 aromatic carbocycles. The summed E-state index contributed by atoms with van der Waals surface area (Å²) in [5, 5.41) is 19.8. The number of anilines is 6. The third kappa shape index (κ3) is 28.9. The van der Waals surface area contributed by atoms with Gasteiger partial charge >= 0.3 is 0 Å². The van der Waals surface area contributed by atoms with Crippen LogP contribution in [-0.2, 0) is 0 Å². The fourth-order valence-electron chi connectivity index (χ4n) is 12.6. The van der Waals surface area contributed by atoms with Crippen LogP contribution >= 0.6 is 0 Å². The van der Waals surface area contributed by atoms with Gasteiger partial charge < -0.3 is 31.9 Å². The number of pyridine rings is 3. The Balaban J connectivity index is 0.000000178. The summed E-state index contributed by atoms with van der Waals surface area (Å²) in [5.41, 5.74) is 4.67. The predicted octanol–water partition coefficient (Wildman–Crippen LogP) is 13.1.